The fraction of sp³-hybridized carbons (Fsp3) is 0.333. The van der Waals surface area contributed by atoms with Gasteiger partial charge in [-0.05, 0) is 6.07 Å². The van der Waals surface area contributed by atoms with Crippen molar-refractivity contribution in [2.24, 2.45) is 0 Å². The van der Waals surface area contributed by atoms with Crippen LogP contribution in [-0.2, 0) is 10.7 Å². The Labute approximate surface area is 118 Å². The Morgan fingerprint density at radius 3 is 2.95 bits per heavy atom. The predicted molar refractivity (Wildman–Crippen MR) is 70.9 cm³/mol. The second-order valence-electron chi connectivity index (χ2n) is 4.45. The minimum Gasteiger partial charge on any atom is -0.354 e. The minimum absolute atomic E-state index is 0.0134. The molecule has 2 aromatic rings. The Balaban J connectivity index is 2.20. The molecule has 1 atom stereocenters. The van der Waals surface area contributed by atoms with Crippen molar-refractivity contribution in [1.82, 2.24) is 14.9 Å². The van der Waals surface area contributed by atoms with E-state index < -0.39 is 5.82 Å². The van der Waals surface area contributed by atoms with Gasteiger partial charge in [0.1, 0.15) is 11.6 Å². The average Bonchev–Trinajstić information content (AvgIpc) is 2.93. The number of hydrogen-bond donors (Lipinski definition) is 1. The van der Waals surface area contributed by atoms with Gasteiger partial charge >= 0.3 is 0 Å². The summed E-state index contributed by atoms with van der Waals surface area (Å²) in [6, 6.07) is 2.75. The lowest BCUT2D eigenvalue weighted by atomic mass is 10.2. The van der Waals surface area contributed by atoms with E-state index in [1.54, 1.807) is 0 Å². The Morgan fingerprint density at radius 2 is 2.32 bits per heavy atom. The van der Waals surface area contributed by atoms with E-state index in [-0.39, 0.29) is 22.9 Å². The van der Waals surface area contributed by atoms with Crippen molar-refractivity contribution < 1.29 is 9.18 Å². The lowest BCUT2D eigenvalue weighted by molar-refractivity contribution is -0.119. The summed E-state index contributed by atoms with van der Waals surface area (Å²) in [6.45, 7) is 0.517. The van der Waals surface area contributed by atoms with Crippen molar-refractivity contribution in [3.05, 3.63) is 28.8 Å². The van der Waals surface area contributed by atoms with Crippen LogP contribution in [0.1, 0.15) is 18.3 Å². The van der Waals surface area contributed by atoms with E-state index in [0.717, 1.165) is 0 Å². The van der Waals surface area contributed by atoms with Crippen LogP contribution < -0.4 is 5.32 Å². The second-order valence-corrected chi connectivity index (χ2v) is 5.12. The molecule has 3 rings (SSSR count). The normalized spacial score (nSPS) is 19.1. The molecular formula is C12H10Cl2FN3O. The largest absolute Gasteiger partial charge is 0.354 e. The van der Waals surface area contributed by atoms with Crippen LogP contribution in [0.4, 0.5) is 4.39 Å². The van der Waals surface area contributed by atoms with Crippen molar-refractivity contribution in [2.75, 3.05) is 6.54 Å². The molecule has 0 spiro atoms. The van der Waals surface area contributed by atoms with Gasteiger partial charge in [-0.15, -0.1) is 11.6 Å². The third kappa shape index (κ3) is 2.07. The van der Waals surface area contributed by atoms with Gasteiger partial charge in [0.15, 0.2) is 0 Å². The Hall–Kier alpha value is -1.33. The molecule has 1 aromatic heterocycles. The first kappa shape index (κ1) is 12.7. The maximum atomic E-state index is 13.5. The summed E-state index contributed by atoms with van der Waals surface area (Å²) >= 11 is 11.7. The first-order valence-electron chi connectivity index (χ1n) is 5.78. The summed E-state index contributed by atoms with van der Waals surface area (Å²) in [7, 11) is 0. The van der Waals surface area contributed by atoms with Gasteiger partial charge in [-0.3, -0.25) is 4.79 Å². The van der Waals surface area contributed by atoms with E-state index in [2.05, 4.69) is 10.3 Å². The van der Waals surface area contributed by atoms with E-state index in [9.17, 15) is 9.18 Å². The van der Waals surface area contributed by atoms with Crippen molar-refractivity contribution in [3.8, 4) is 0 Å². The Kier molecular flexibility index (Phi) is 3.11. The summed E-state index contributed by atoms with van der Waals surface area (Å²) in [5.41, 5.74) is 1.19. The van der Waals surface area contributed by atoms with E-state index in [0.29, 0.717) is 29.8 Å². The van der Waals surface area contributed by atoms with Gasteiger partial charge in [-0.2, -0.15) is 0 Å². The molecule has 19 heavy (non-hydrogen) atoms. The zero-order chi connectivity index (χ0) is 13.6. The fourth-order valence-corrected chi connectivity index (χ4v) is 2.76. The molecule has 0 aliphatic carbocycles. The van der Waals surface area contributed by atoms with Gasteiger partial charge in [0.05, 0.1) is 28.0 Å². The molecular weight excluding hydrogens is 292 g/mol. The summed E-state index contributed by atoms with van der Waals surface area (Å²) in [5.74, 6) is 0.277. The number of aromatic nitrogens is 2. The van der Waals surface area contributed by atoms with Crippen molar-refractivity contribution in [2.45, 2.75) is 18.3 Å². The number of amides is 1. The molecule has 1 aliphatic heterocycles. The monoisotopic (exact) mass is 301 g/mol. The molecule has 0 radical (unpaired) electrons. The highest BCUT2D eigenvalue weighted by Crippen LogP contribution is 2.29. The molecule has 1 amide bonds. The maximum Gasteiger partial charge on any atom is 0.222 e. The number of benzene rings is 1. The van der Waals surface area contributed by atoms with Gasteiger partial charge in [-0.25, -0.2) is 9.37 Å². The van der Waals surface area contributed by atoms with E-state index in [1.807, 2.05) is 4.57 Å². The highest BCUT2D eigenvalue weighted by atomic mass is 35.5. The molecule has 1 aromatic carbocycles. The first-order chi connectivity index (χ1) is 9.10. The number of carbonyl (C=O) groups excluding carboxylic acids is 1. The highest BCUT2D eigenvalue weighted by Gasteiger charge is 2.27. The first-order valence-corrected chi connectivity index (χ1v) is 6.70. The van der Waals surface area contributed by atoms with E-state index in [4.69, 9.17) is 23.2 Å². The number of fused-ring (bicyclic) bond motifs is 1. The number of nitrogens with zero attached hydrogens (tertiary/aromatic N) is 2. The van der Waals surface area contributed by atoms with Gasteiger partial charge in [0.2, 0.25) is 5.91 Å². The molecule has 100 valence electrons. The Bertz CT molecular complexity index is 671. The van der Waals surface area contributed by atoms with Crippen LogP contribution in [0.25, 0.3) is 11.0 Å². The van der Waals surface area contributed by atoms with Crippen LogP contribution in [0.5, 0.6) is 0 Å². The smallest absolute Gasteiger partial charge is 0.222 e. The molecule has 1 fully saturated rings. The minimum atomic E-state index is -0.513. The fourth-order valence-electron chi connectivity index (χ4n) is 2.41. The highest BCUT2D eigenvalue weighted by molar-refractivity contribution is 6.31. The molecule has 1 aliphatic rings. The number of nitrogens with one attached hydrogen (secondary N) is 1. The molecule has 2 heterocycles. The standard InChI is InChI=1S/C12H10Cl2FN3O/c13-4-11-17-9-3-8(15)7(14)2-10(9)18(11)6-1-12(19)16-5-6/h2-3,6H,1,4-5H2,(H,16,19). The van der Waals surface area contributed by atoms with Crippen molar-refractivity contribution >= 4 is 40.1 Å². The topological polar surface area (TPSA) is 46.9 Å². The molecule has 1 N–H and O–H groups in total. The quantitative estimate of drug-likeness (QED) is 0.867. The number of halogens is 3. The number of carbonyl (C=O) groups is 1. The number of alkyl halides is 1. The predicted octanol–water partition coefficient (Wildman–Crippen LogP) is 2.63. The molecule has 0 saturated carbocycles. The summed E-state index contributed by atoms with van der Waals surface area (Å²) < 4.78 is 15.3. The number of imidazole rings is 1. The number of rotatable bonds is 2. The molecule has 4 nitrogen and oxygen atoms in total. The zero-order valence-corrected chi connectivity index (χ0v) is 11.3. The van der Waals surface area contributed by atoms with Crippen LogP contribution in [0.2, 0.25) is 5.02 Å². The van der Waals surface area contributed by atoms with Crippen LogP contribution in [-0.4, -0.2) is 22.0 Å². The third-order valence-electron chi connectivity index (χ3n) is 3.25. The van der Waals surface area contributed by atoms with E-state index in [1.165, 1.54) is 12.1 Å². The second kappa shape index (κ2) is 4.65. The SMILES string of the molecule is O=C1CC(n2c(CCl)nc3cc(F)c(Cl)cc32)CN1. The summed E-state index contributed by atoms with van der Waals surface area (Å²) in [6.07, 6.45) is 0.365. The molecule has 7 heteroatoms. The van der Waals surface area contributed by atoms with Crippen LogP contribution in [0.15, 0.2) is 12.1 Å². The van der Waals surface area contributed by atoms with Crippen LogP contribution >= 0.6 is 23.2 Å². The lowest BCUT2D eigenvalue weighted by Crippen LogP contribution is -2.16. The molecule has 0 bridgehead atoms. The zero-order valence-electron chi connectivity index (χ0n) is 9.79. The van der Waals surface area contributed by atoms with Gasteiger partial charge in [0.25, 0.3) is 0 Å². The van der Waals surface area contributed by atoms with Crippen molar-refractivity contribution in [3.63, 3.8) is 0 Å². The van der Waals surface area contributed by atoms with Gasteiger partial charge < -0.3 is 9.88 Å². The van der Waals surface area contributed by atoms with Gasteiger partial charge in [-0.1, -0.05) is 11.6 Å². The lowest BCUT2D eigenvalue weighted by Gasteiger charge is -2.13. The van der Waals surface area contributed by atoms with E-state index >= 15 is 0 Å². The van der Waals surface area contributed by atoms with Crippen LogP contribution in [0.3, 0.4) is 0 Å². The van der Waals surface area contributed by atoms with Crippen LogP contribution in [0, 0.1) is 5.82 Å². The van der Waals surface area contributed by atoms with Crippen molar-refractivity contribution in [1.29, 1.82) is 0 Å². The van der Waals surface area contributed by atoms with Gasteiger partial charge in [0, 0.05) is 19.0 Å². The Morgan fingerprint density at radius 1 is 1.53 bits per heavy atom. The molecule has 1 unspecified atom stereocenters. The maximum absolute atomic E-state index is 13.5. The summed E-state index contributed by atoms with van der Waals surface area (Å²) in [4.78, 5) is 15.6. The number of hydrogen-bond acceptors (Lipinski definition) is 2. The average molecular weight is 302 g/mol. The molecule has 1 saturated heterocycles. The third-order valence-corrected chi connectivity index (χ3v) is 3.77. The summed E-state index contributed by atoms with van der Waals surface area (Å²) in [5, 5.41) is 2.80.